The highest BCUT2D eigenvalue weighted by Gasteiger charge is 2.03. The first-order valence-corrected chi connectivity index (χ1v) is 3.76. The molecule has 0 amide bonds. The largest absolute Gasteiger partial charge is 0.465 e. The summed E-state index contributed by atoms with van der Waals surface area (Å²) in [5.74, 6) is -0.396. The van der Waals surface area contributed by atoms with Crippen LogP contribution in [0.3, 0.4) is 0 Å². The van der Waals surface area contributed by atoms with Crippen molar-refractivity contribution in [1.82, 2.24) is 0 Å². The van der Waals surface area contributed by atoms with Gasteiger partial charge in [0.1, 0.15) is 0 Å². The quantitative estimate of drug-likeness (QED) is 0.573. The van der Waals surface area contributed by atoms with Gasteiger partial charge in [0.25, 0.3) is 0 Å². The molecular weight excluding hydrogens is 173 g/mol. The molecule has 0 saturated carbocycles. The molecular formula is C9H10FNO2. The summed E-state index contributed by atoms with van der Waals surface area (Å²) in [6.07, 6.45) is 0. The first kappa shape index (κ1) is 9.51. The molecule has 0 saturated heterocycles. The monoisotopic (exact) mass is 183 g/mol. The van der Waals surface area contributed by atoms with Crippen LogP contribution in [0, 0.1) is 0 Å². The average molecular weight is 183 g/mol. The summed E-state index contributed by atoms with van der Waals surface area (Å²) >= 11 is 0. The Balaban J connectivity index is 2.75. The molecule has 0 aliphatic carbocycles. The van der Waals surface area contributed by atoms with E-state index in [9.17, 15) is 9.18 Å². The number of nitrogens with one attached hydrogen (secondary N) is 1. The minimum absolute atomic E-state index is 0.396. The van der Waals surface area contributed by atoms with E-state index in [4.69, 9.17) is 0 Å². The molecule has 0 aliphatic heterocycles. The Morgan fingerprint density at radius 1 is 1.46 bits per heavy atom. The fraction of sp³-hybridized carbons (Fsp3) is 0.222. The first-order valence-electron chi connectivity index (χ1n) is 3.76. The molecule has 1 aromatic carbocycles. The maximum atomic E-state index is 11.8. The first-order chi connectivity index (χ1) is 6.27. The molecule has 13 heavy (non-hydrogen) atoms. The van der Waals surface area contributed by atoms with E-state index in [1.807, 2.05) is 0 Å². The molecule has 0 unspecified atom stereocenters. The second kappa shape index (κ2) is 4.45. The van der Waals surface area contributed by atoms with E-state index in [1.54, 1.807) is 24.3 Å². The minimum Gasteiger partial charge on any atom is -0.465 e. The zero-order chi connectivity index (χ0) is 9.68. The molecule has 4 heteroatoms. The van der Waals surface area contributed by atoms with Crippen molar-refractivity contribution in [3.05, 3.63) is 29.8 Å². The van der Waals surface area contributed by atoms with Gasteiger partial charge in [-0.25, -0.2) is 9.18 Å². The number of rotatable bonds is 3. The molecule has 1 N–H and O–H groups in total. The molecule has 0 atom stereocenters. The van der Waals surface area contributed by atoms with Gasteiger partial charge in [-0.3, -0.25) is 0 Å². The van der Waals surface area contributed by atoms with Crippen molar-refractivity contribution in [3.63, 3.8) is 0 Å². The molecule has 0 radical (unpaired) electrons. The van der Waals surface area contributed by atoms with Gasteiger partial charge in [0.15, 0.2) is 6.80 Å². The number of alkyl halides is 1. The van der Waals surface area contributed by atoms with Crippen molar-refractivity contribution in [2.75, 3.05) is 19.2 Å². The van der Waals surface area contributed by atoms with Gasteiger partial charge in [-0.05, 0) is 24.3 Å². The van der Waals surface area contributed by atoms with E-state index in [1.165, 1.54) is 7.11 Å². The third-order valence-corrected chi connectivity index (χ3v) is 1.58. The lowest BCUT2D eigenvalue weighted by molar-refractivity contribution is 0.0601. The molecule has 0 spiro atoms. The smallest absolute Gasteiger partial charge is 0.337 e. The van der Waals surface area contributed by atoms with Gasteiger partial charge in [0, 0.05) is 5.69 Å². The third-order valence-electron chi connectivity index (χ3n) is 1.58. The molecule has 0 aliphatic rings. The number of hydrogen-bond acceptors (Lipinski definition) is 3. The molecule has 0 bridgehead atoms. The Hall–Kier alpha value is -1.58. The summed E-state index contributed by atoms with van der Waals surface area (Å²) in [4.78, 5) is 11.0. The van der Waals surface area contributed by atoms with Crippen molar-refractivity contribution in [2.45, 2.75) is 0 Å². The number of carbonyl (C=O) groups is 1. The maximum Gasteiger partial charge on any atom is 0.337 e. The van der Waals surface area contributed by atoms with Gasteiger partial charge in [-0.15, -0.1) is 0 Å². The molecule has 0 heterocycles. The van der Waals surface area contributed by atoms with Crippen molar-refractivity contribution >= 4 is 11.7 Å². The SMILES string of the molecule is COC(=O)c1ccc(NCF)cc1. The predicted molar refractivity (Wildman–Crippen MR) is 47.4 cm³/mol. The van der Waals surface area contributed by atoms with Crippen molar-refractivity contribution in [2.24, 2.45) is 0 Å². The predicted octanol–water partition coefficient (Wildman–Crippen LogP) is 1.81. The van der Waals surface area contributed by atoms with Crippen LogP contribution in [-0.4, -0.2) is 19.9 Å². The highest BCUT2D eigenvalue weighted by Crippen LogP contribution is 2.09. The van der Waals surface area contributed by atoms with E-state index >= 15 is 0 Å². The fourth-order valence-corrected chi connectivity index (χ4v) is 0.919. The summed E-state index contributed by atoms with van der Waals surface area (Å²) < 4.78 is 16.3. The van der Waals surface area contributed by atoms with Crippen LogP contribution < -0.4 is 5.32 Å². The normalized spacial score (nSPS) is 9.38. The Morgan fingerprint density at radius 2 is 2.08 bits per heavy atom. The van der Waals surface area contributed by atoms with Gasteiger partial charge in [-0.1, -0.05) is 0 Å². The van der Waals surface area contributed by atoms with E-state index in [-0.39, 0.29) is 0 Å². The summed E-state index contributed by atoms with van der Waals surface area (Å²) in [6, 6.07) is 6.38. The second-order valence-corrected chi connectivity index (χ2v) is 2.38. The molecule has 3 nitrogen and oxygen atoms in total. The fourth-order valence-electron chi connectivity index (χ4n) is 0.919. The van der Waals surface area contributed by atoms with Crippen LogP contribution in [0.15, 0.2) is 24.3 Å². The molecule has 70 valence electrons. The zero-order valence-corrected chi connectivity index (χ0v) is 7.21. The lowest BCUT2D eigenvalue weighted by atomic mass is 10.2. The zero-order valence-electron chi connectivity index (χ0n) is 7.21. The Kier molecular flexibility index (Phi) is 3.25. The maximum absolute atomic E-state index is 11.8. The summed E-state index contributed by atoms with van der Waals surface area (Å²) in [5.41, 5.74) is 1.09. The second-order valence-electron chi connectivity index (χ2n) is 2.38. The van der Waals surface area contributed by atoms with Crippen LogP contribution in [-0.2, 0) is 4.74 Å². The van der Waals surface area contributed by atoms with Crippen molar-refractivity contribution in [3.8, 4) is 0 Å². The van der Waals surface area contributed by atoms with Crippen LogP contribution >= 0.6 is 0 Å². The van der Waals surface area contributed by atoms with Gasteiger partial charge >= 0.3 is 5.97 Å². The highest BCUT2D eigenvalue weighted by atomic mass is 19.1. The van der Waals surface area contributed by atoms with Crippen LogP contribution in [0.1, 0.15) is 10.4 Å². The number of ether oxygens (including phenoxy) is 1. The summed E-state index contributed by atoms with van der Waals surface area (Å²) in [6.45, 7) is -0.627. The number of hydrogen-bond donors (Lipinski definition) is 1. The van der Waals surface area contributed by atoms with Crippen LogP contribution in [0.5, 0.6) is 0 Å². The van der Waals surface area contributed by atoms with E-state index in [0.717, 1.165) is 0 Å². The van der Waals surface area contributed by atoms with E-state index < -0.39 is 12.8 Å². The number of anilines is 1. The van der Waals surface area contributed by atoms with Gasteiger partial charge in [0.05, 0.1) is 12.7 Å². The highest BCUT2D eigenvalue weighted by molar-refractivity contribution is 5.89. The average Bonchev–Trinajstić information content (AvgIpc) is 2.18. The summed E-state index contributed by atoms with van der Waals surface area (Å²) in [5, 5.41) is 2.47. The Labute approximate surface area is 75.5 Å². The van der Waals surface area contributed by atoms with Crippen molar-refractivity contribution in [1.29, 1.82) is 0 Å². The van der Waals surface area contributed by atoms with Gasteiger partial charge in [0.2, 0.25) is 0 Å². The molecule has 1 aromatic rings. The van der Waals surface area contributed by atoms with E-state index in [2.05, 4.69) is 10.1 Å². The van der Waals surface area contributed by atoms with E-state index in [0.29, 0.717) is 11.3 Å². The summed E-state index contributed by atoms with van der Waals surface area (Å²) in [7, 11) is 1.32. The van der Waals surface area contributed by atoms with Crippen LogP contribution in [0.2, 0.25) is 0 Å². The lowest BCUT2D eigenvalue weighted by Crippen LogP contribution is -2.01. The van der Waals surface area contributed by atoms with Crippen molar-refractivity contribution < 1.29 is 13.9 Å². The minimum atomic E-state index is -0.627. The standard InChI is InChI=1S/C9H10FNO2/c1-13-9(12)7-2-4-8(5-3-7)11-6-10/h2-5,11H,6H2,1H3. The van der Waals surface area contributed by atoms with Crippen LogP contribution in [0.25, 0.3) is 0 Å². The topological polar surface area (TPSA) is 38.3 Å². The van der Waals surface area contributed by atoms with Gasteiger partial charge in [-0.2, -0.15) is 0 Å². The lowest BCUT2D eigenvalue weighted by Gasteiger charge is -2.02. The van der Waals surface area contributed by atoms with Crippen LogP contribution in [0.4, 0.5) is 10.1 Å². The number of halogens is 1. The molecule has 0 aromatic heterocycles. The number of benzene rings is 1. The number of methoxy groups -OCH3 is 1. The number of carbonyl (C=O) groups excluding carboxylic acids is 1. The Morgan fingerprint density at radius 3 is 2.54 bits per heavy atom. The molecule has 0 fully saturated rings. The number of esters is 1. The molecule has 1 rings (SSSR count). The Bertz CT molecular complexity index is 284. The third kappa shape index (κ3) is 2.43. The van der Waals surface area contributed by atoms with Gasteiger partial charge < -0.3 is 10.1 Å².